The fourth-order valence-corrected chi connectivity index (χ4v) is 4.37. The van der Waals surface area contributed by atoms with Crippen molar-refractivity contribution in [1.82, 2.24) is 4.90 Å². The normalized spacial score (nSPS) is 19.4. The van der Waals surface area contributed by atoms with E-state index in [0.717, 1.165) is 0 Å². The van der Waals surface area contributed by atoms with Crippen molar-refractivity contribution in [2.24, 2.45) is 5.73 Å². The standard InChI is InChI=1S/C22H22F3N3O2/c1-27-20-7-14(23)4-2-13(20)10-28(11-22(27)30)21(29)9-19(26)15-5-3-12-6-17(24)18(25)8-16(12)15/h2,4,6-8,15,19H,3,5,9-11,26H2,1H3. The molecule has 0 aromatic heterocycles. The average molecular weight is 417 g/mol. The Balaban J connectivity index is 1.51. The molecule has 0 fully saturated rings. The fourth-order valence-electron chi connectivity index (χ4n) is 4.37. The highest BCUT2D eigenvalue weighted by Crippen LogP contribution is 2.37. The molecule has 1 aliphatic carbocycles. The first kappa shape index (κ1) is 20.4. The van der Waals surface area contributed by atoms with Crippen molar-refractivity contribution < 1.29 is 22.8 Å². The molecule has 1 heterocycles. The fraction of sp³-hybridized carbons (Fsp3) is 0.364. The number of carbonyl (C=O) groups is 2. The summed E-state index contributed by atoms with van der Waals surface area (Å²) >= 11 is 0. The Morgan fingerprint density at radius 3 is 2.63 bits per heavy atom. The first-order valence-electron chi connectivity index (χ1n) is 9.80. The van der Waals surface area contributed by atoms with Crippen LogP contribution >= 0.6 is 0 Å². The van der Waals surface area contributed by atoms with Crippen molar-refractivity contribution in [2.75, 3.05) is 18.5 Å². The lowest BCUT2D eigenvalue weighted by Crippen LogP contribution is -2.41. The van der Waals surface area contributed by atoms with Gasteiger partial charge >= 0.3 is 0 Å². The zero-order valence-electron chi connectivity index (χ0n) is 16.5. The quantitative estimate of drug-likeness (QED) is 0.835. The second kappa shape index (κ2) is 7.75. The Hall–Kier alpha value is -2.87. The lowest BCUT2D eigenvalue weighted by molar-refractivity contribution is -0.135. The molecule has 0 saturated heterocycles. The molecule has 2 unspecified atom stereocenters. The molecule has 2 aromatic carbocycles. The number of aryl methyl sites for hydroxylation is 1. The first-order valence-corrected chi connectivity index (χ1v) is 9.80. The topological polar surface area (TPSA) is 66.6 Å². The van der Waals surface area contributed by atoms with E-state index >= 15 is 0 Å². The van der Waals surface area contributed by atoms with Gasteiger partial charge < -0.3 is 15.5 Å². The first-order chi connectivity index (χ1) is 14.2. The van der Waals surface area contributed by atoms with Gasteiger partial charge in [-0.25, -0.2) is 13.2 Å². The highest BCUT2D eigenvalue weighted by atomic mass is 19.2. The smallest absolute Gasteiger partial charge is 0.246 e. The van der Waals surface area contributed by atoms with Gasteiger partial charge in [-0.1, -0.05) is 6.07 Å². The van der Waals surface area contributed by atoms with E-state index in [0.29, 0.717) is 35.2 Å². The number of amides is 2. The van der Waals surface area contributed by atoms with E-state index in [4.69, 9.17) is 5.73 Å². The molecular formula is C22H22F3N3O2. The number of hydrogen-bond donors (Lipinski definition) is 1. The van der Waals surface area contributed by atoms with Gasteiger partial charge in [-0.05, 0) is 53.8 Å². The Morgan fingerprint density at radius 1 is 1.13 bits per heavy atom. The molecule has 0 bridgehead atoms. The number of likely N-dealkylation sites (N-methyl/N-ethyl adjacent to an activating group) is 1. The summed E-state index contributed by atoms with van der Waals surface area (Å²) in [6, 6.07) is 5.90. The number of hydrogen-bond acceptors (Lipinski definition) is 3. The molecule has 1 aliphatic heterocycles. The second-order valence-electron chi connectivity index (χ2n) is 7.95. The molecule has 2 N–H and O–H groups in total. The van der Waals surface area contributed by atoms with E-state index < -0.39 is 23.5 Å². The summed E-state index contributed by atoms with van der Waals surface area (Å²) in [5.41, 5.74) is 8.74. The molecule has 2 atom stereocenters. The van der Waals surface area contributed by atoms with Gasteiger partial charge in [0.25, 0.3) is 0 Å². The van der Waals surface area contributed by atoms with Gasteiger partial charge in [0.05, 0.1) is 5.69 Å². The van der Waals surface area contributed by atoms with Gasteiger partial charge in [0.2, 0.25) is 11.8 Å². The number of nitrogens with zero attached hydrogens (tertiary/aromatic N) is 2. The second-order valence-corrected chi connectivity index (χ2v) is 7.95. The zero-order chi connectivity index (χ0) is 21.6. The number of halogens is 3. The molecular weight excluding hydrogens is 395 g/mol. The predicted molar refractivity (Wildman–Crippen MR) is 105 cm³/mol. The van der Waals surface area contributed by atoms with Crippen molar-refractivity contribution >= 4 is 17.5 Å². The summed E-state index contributed by atoms with van der Waals surface area (Å²) in [6.45, 7) is 0.0256. The molecule has 2 aliphatic rings. The van der Waals surface area contributed by atoms with E-state index in [-0.39, 0.29) is 37.2 Å². The van der Waals surface area contributed by atoms with Crippen LogP contribution in [0.15, 0.2) is 30.3 Å². The monoisotopic (exact) mass is 417 g/mol. The van der Waals surface area contributed by atoms with Crippen LogP contribution in [0.4, 0.5) is 18.9 Å². The summed E-state index contributed by atoms with van der Waals surface area (Å²) in [4.78, 5) is 28.2. The number of carbonyl (C=O) groups excluding carboxylic acids is 2. The maximum Gasteiger partial charge on any atom is 0.246 e. The van der Waals surface area contributed by atoms with E-state index in [2.05, 4.69) is 0 Å². The third-order valence-corrected chi connectivity index (χ3v) is 6.06. The van der Waals surface area contributed by atoms with Gasteiger partial charge in [-0.2, -0.15) is 0 Å². The highest BCUT2D eigenvalue weighted by Gasteiger charge is 2.33. The SMILES string of the molecule is CN1C(=O)CN(C(=O)CC(N)C2CCc3cc(F)c(F)cc32)Cc2ccc(F)cc21. The minimum atomic E-state index is -0.927. The van der Waals surface area contributed by atoms with Crippen LogP contribution in [0.2, 0.25) is 0 Å². The van der Waals surface area contributed by atoms with Crippen molar-refractivity contribution in [1.29, 1.82) is 0 Å². The average Bonchev–Trinajstić information content (AvgIpc) is 3.05. The minimum Gasteiger partial charge on any atom is -0.329 e. The van der Waals surface area contributed by atoms with Gasteiger partial charge in [-0.3, -0.25) is 9.59 Å². The predicted octanol–water partition coefficient (Wildman–Crippen LogP) is 2.86. The van der Waals surface area contributed by atoms with Gasteiger partial charge in [0.1, 0.15) is 12.4 Å². The maximum atomic E-state index is 13.7. The molecule has 2 amide bonds. The van der Waals surface area contributed by atoms with Crippen LogP contribution in [0.3, 0.4) is 0 Å². The number of benzene rings is 2. The van der Waals surface area contributed by atoms with Crippen LogP contribution in [-0.4, -0.2) is 36.3 Å². The number of anilines is 1. The largest absolute Gasteiger partial charge is 0.329 e. The summed E-state index contributed by atoms with van der Waals surface area (Å²) in [6.07, 6.45) is 1.15. The maximum absolute atomic E-state index is 13.7. The Kier molecular flexibility index (Phi) is 5.27. The van der Waals surface area contributed by atoms with Crippen LogP contribution < -0.4 is 10.6 Å². The minimum absolute atomic E-state index is 0.0311. The van der Waals surface area contributed by atoms with Crippen molar-refractivity contribution in [2.45, 2.75) is 37.8 Å². The Morgan fingerprint density at radius 2 is 1.87 bits per heavy atom. The van der Waals surface area contributed by atoms with Crippen LogP contribution in [0.5, 0.6) is 0 Å². The summed E-state index contributed by atoms with van der Waals surface area (Å²) < 4.78 is 40.8. The van der Waals surface area contributed by atoms with Crippen LogP contribution in [0.25, 0.3) is 0 Å². The van der Waals surface area contributed by atoms with Crippen molar-refractivity contribution in [3.8, 4) is 0 Å². The van der Waals surface area contributed by atoms with Crippen LogP contribution in [0.1, 0.15) is 35.4 Å². The molecule has 0 radical (unpaired) electrons. The van der Waals surface area contributed by atoms with E-state index in [9.17, 15) is 22.8 Å². The molecule has 2 aromatic rings. The summed E-state index contributed by atoms with van der Waals surface area (Å²) in [5.74, 6) is -3.17. The van der Waals surface area contributed by atoms with Gasteiger partial charge in [0.15, 0.2) is 11.6 Å². The number of rotatable bonds is 3. The van der Waals surface area contributed by atoms with E-state index in [1.54, 1.807) is 13.1 Å². The number of nitrogens with two attached hydrogens (primary N) is 1. The molecule has 30 heavy (non-hydrogen) atoms. The lowest BCUT2D eigenvalue weighted by atomic mass is 9.91. The third kappa shape index (κ3) is 3.67. The van der Waals surface area contributed by atoms with Gasteiger partial charge in [0, 0.05) is 32.0 Å². The van der Waals surface area contributed by atoms with Crippen LogP contribution in [0, 0.1) is 17.5 Å². The summed E-state index contributed by atoms with van der Waals surface area (Å²) in [7, 11) is 1.55. The molecule has 8 heteroatoms. The van der Waals surface area contributed by atoms with E-state index in [1.165, 1.54) is 34.1 Å². The highest BCUT2D eigenvalue weighted by molar-refractivity contribution is 5.98. The zero-order valence-corrected chi connectivity index (χ0v) is 16.5. The van der Waals surface area contributed by atoms with Crippen molar-refractivity contribution in [3.05, 3.63) is 64.5 Å². The summed E-state index contributed by atoms with van der Waals surface area (Å²) in [5, 5.41) is 0. The molecule has 0 saturated carbocycles. The Labute approximate surface area is 172 Å². The van der Waals surface area contributed by atoms with Crippen LogP contribution in [-0.2, 0) is 22.6 Å². The third-order valence-electron chi connectivity index (χ3n) is 6.06. The lowest BCUT2D eigenvalue weighted by Gasteiger charge is -2.25. The molecule has 158 valence electrons. The molecule has 0 spiro atoms. The molecule has 4 rings (SSSR count). The molecule has 5 nitrogen and oxygen atoms in total. The van der Waals surface area contributed by atoms with Gasteiger partial charge in [-0.15, -0.1) is 0 Å². The Bertz CT molecular complexity index is 1030. The van der Waals surface area contributed by atoms with Crippen molar-refractivity contribution in [3.63, 3.8) is 0 Å². The number of fused-ring (bicyclic) bond motifs is 2. The van der Waals surface area contributed by atoms with E-state index in [1.807, 2.05) is 0 Å².